The molecular weight excluding hydrogens is 400 g/mol. The minimum Gasteiger partial charge on any atom is -0.326 e. The topological polar surface area (TPSA) is 76.0 Å². The number of nitrogens with zero attached hydrogens (tertiary/aromatic N) is 2. The molecule has 1 fully saturated rings. The molecule has 6 nitrogen and oxygen atoms in total. The summed E-state index contributed by atoms with van der Waals surface area (Å²) in [6, 6.07) is 14.5. The first-order valence-corrected chi connectivity index (χ1v) is 10.4. The number of aromatic nitrogens is 2. The predicted molar refractivity (Wildman–Crippen MR) is 118 cm³/mol. The van der Waals surface area contributed by atoms with Crippen molar-refractivity contribution in [2.75, 3.05) is 10.6 Å². The van der Waals surface area contributed by atoms with Crippen molar-refractivity contribution < 1.29 is 9.59 Å². The molecule has 0 unspecified atom stereocenters. The van der Waals surface area contributed by atoms with Gasteiger partial charge in [-0.15, -0.1) is 0 Å². The quantitative estimate of drug-likeness (QED) is 0.569. The van der Waals surface area contributed by atoms with Crippen molar-refractivity contribution in [3.63, 3.8) is 0 Å². The van der Waals surface area contributed by atoms with E-state index in [1.807, 2.05) is 26.0 Å². The molecule has 1 saturated carbocycles. The van der Waals surface area contributed by atoms with Crippen molar-refractivity contribution in [1.82, 2.24) is 9.78 Å². The molecule has 2 aromatic carbocycles. The van der Waals surface area contributed by atoms with E-state index in [9.17, 15) is 9.59 Å². The van der Waals surface area contributed by atoms with Gasteiger partial charge in [0.15, 0.2) is 0 Å². The van der Waals surface area contributed by atoms with Gasteiger partial charge in [-0.05, 0) is 67.3 Å². The normalized spacial score (nSPS) is 13.3. The molecule has 1 aliphatic rings. The van der Waals surface area contributed by atoms with Gasteiger partial charge in [0.1, 0.15) is 0 Å². The highest BCUT2D eigenvalue weighted by molar-refractivity contribution is 6.30. The SMILES string of the molecule is CC(C)c1c(C(=O)Nc2ccc(NC(=O)C3CC3)cc2)cnn1-c1ccc(Cl)cc1. The van der Waals surface area contributed by atoms with Crippen LogP contribution < -0.4 is 10.6 Å². The molecule has 30 heavy (non-hydrogen) atoms. The molecule has 0 atom stereocenters. The Bertz CT molecular complexity index is 1070. The third-order valence-corrected chi connectivity index (χ3v) is 5.28. The van der Waals surface area contributed by atoms with E-state index in [2.05, 4.69) is 15.7 Å². The fourth-order valence-electron chi connectivity index (χ4n) is 3.30. The van der Waals surface area contributed by atoms with Gasteiger partial charge in [0.25, 0.3) is 5.91 Å². The van der Waals surface area contributed by atoms with Crippen molar-refractivity contribution >= 4 is 34.8 Å². The van der Waals surface area contributed by atoms with Crippen LogP contribution in [0.15, 0.2) is 54.7 Å². The summed E-state index contributed by atoms with van der Waals surface area (Å²) in [4.78, 5) is 24.8. The fraction of sp³-hybridized carbons (Fsp3) is 0.261. The first-order valence-electron chi connectivity index (χ1n) is 9.98. The van der Waals surface area contributed by atoms with Crippen LogP contribution in [0.1, 0.15) is 48.7 Å². The standard InChI is InChI=1S/C23H23ClN4O2/c1-14(2)21-20(13-25-28(21)19-11-5-16(24)6-12-19)23(30)27-18-9-7-17(8-10-18)26-22(29)15-3-4-15/h5-15H,3-4H2,1-2H3,(H,26,29)(H,27,30). The van der Waals surface area contributed by atoms with Gasteiger partial charge in [-0.2, -0.15) is 5.10 Å². The molecule has 3 aromatic rings. The van der Waals surface area contributed by atoms with E-state index < -0.39 is 0 Å². The van der Waals surface area contributed by atoms with Crippen LogP contribution >= 0.6 is 11.6 Å². The molecule has 1 heterocycles. The van der Waals surface area contributed by atoms with Crippen LogP contribution in [0.4, 0.5) is 11.4 Å². The second-order valence-corrected chi connectivity index (χ2v) is 8.22. The zero-order valence-corrected chi connectivity index (χ0v) is 17.6. The fourth-order valence-corrected chi connectivity index (χ4v) is 3.43. The Hall–Kier alpha value is -3.12. The van der Waals surface area contributed by atoms with E-state index in [0.717, 1.165) is 29.9 Å². The van der Waals surface area contributed by atoms with Crippen LogP contribution in [0.3, 0.4) is 0 Å². The van der Waals surface area contributed by atoms with E-state index in [-0.39, 0.29) is 23.7 Å². The van der Waals surface area contributed by atoms with Crippen LogP contribution in [0.25, 0.3) is 5.69 Å². The van der Waals surface area contributed by atoms with Gasteiger partial charge >= 0.3 is 0 Å². The van der Waals surface area contributed by atoms with E-state index in [1.165, 1.54) is 0 Å². The van der Waals surface area contributed by atoms with Crippen molar-refractivity contribution in [1.29, 1.82) is 0 Å². The van der Waals surface area contributed by atoms with Gasteiger partial charge in [-0.3, -0.25) is 9.59 Å². The molecule has 2 amide bonds. The zero-order chi connectivity index (χ0) is 21.3. The molecule has 1 aromatic heterocycles. The highest BCUT2D eigenvalue weighted by Crippen LogP contribution is 2.30. The smallest absolute Gasteiger partial charge is 0.259 e. The van der Waals surface area contributed by atoms with Gasteiger partial charge in [0, 0.05) is 22.3 Å². The van der Waals surface area contributed by atoms with Crippen LogP contribution in [-0.4, -0.2) is 21.6 Å². The molecule has 0 saturated heterocycles. The minimum absolute atomic E-state index is 0.0583. The summed E-state index contributed by atoms with van der Waals surface area (Å²) in [5.41, 5.74) is 3.56. The lowest BCUT2D eigenvalue weighted by Gasteiger charge is -2.13. The molecule has 154 valence electrons. The number of carbonyl (C=O) groups excluding carboxylic acids is 2. The number of carbonyl (C=O) groups is 2. The molecule has 7 heteroatoms. The third-order valence-electron chi connectivity index (χ3n) is 5.03. The molecule has 0 bridgehead atoms. The average molecular weight is 423 g/mol. The number of hydrogen-bond acceptors (Lipinski definition) is 3. The lowest BCUT2D eigenvalue weighted by Crippen LogP contribution is -2.16. The Morgan fingerprint density at radius 3 is 2.17 bits per heavy atom. The van der Waals surface area contributed by atoms with E-state index in [1.54, 1.807) is 47.3 Å². The number of benzene rings is 2. The van der Waals surface area contributed by atoms with Gasteiger partial charge in [0.05, 0.1) is 23.1 Å². The van der Waals surface area contributed by atoms with Crippen molar-refractivity contribution in [2.45, 2.75) is 32.6 Å². The lowest BCUT2D eigenvalue weighted by atomic mass is 10.0. The molecule has 0 spiro atoms. The summed E-state index contributed by atoms with van der Waals surface area (Å²) >= 11 is 5.99. The monoisotopic (exact) mass is 422 g/mol. The van der Waals surface area contributed by atoms with Crippen molar-refractivity contribution in [2.24, 2.45) is 5.92 Å². The van der Waals surface area contributed by atoms with E-state index >= 15 is 0 Å². The van der Waals surface area contributed by atoms with Gasteiger partial charge < -0.3 is 10.6 Å². The molecule has 0 radical (unpaired) electrons. The summed E-state index contributed by atoms with van der Waals surface area (Å²) in [6.07, 6.45) is 3.51. The summed E-state index contributed by atoms with van der Waals surface area (Å²) < 4.78 is 1.77. The predicted octanol–water partition coefficient (Wildman–Crippen LogP) is 5.25. The highest BCUT2D eigenvalue weighted by atomic mass is 35.5. The summed E-state index contributed by atoms with van der Waals surface area (Å²) in [5.74, 6) is 0.0663. The first-order chi connectivity index (χ1) is 14.4. The van der Waals surface area contributed by atoms with Crippen LogP contribution in [-0.2, 0) is 4.79 Å². The number of nitrogens with one attached hydrogen (secondary N) is 2. The summed E-state index contributed by atoms with van der Waals surface area (Å²) in [5, 5.41) is 10.9. The summed E-state index contributed by atoms with van der Waals surface area (Å²) in [6.45, 7) is 4.05. The lowest BCUT2D eigenvalue weighted by molar-refractivity contribution is -0.117. The molecule has 1 aliphatic carbocycles. The number of anilines is 2. The maximum absolute atomic E-state index is 12.9. The van der Waals surface area contributed by atoms with Crippen molar-refractivity contribution in [3.05, 3.63) is 71.0 Å². The van der Waals surface area contributed by atoms with Gasteiger partial charge in [0.2, 0.25) is 5.91 Å². The van der Waals surface area contributed by atoms with Crippen LogP contribution in [0.2, 0.25) is 5.02 Å². The second kappa shape index (κ2) is 8.32. The van der Waals surface area contributed by atoms with Gasteiger partial charge in [-0.1, -0.05) is 25.4 Å². The Morgan fingerprint density at radius 2 is 1.60 bits per heavy atom. The number of amides is 2. The van der Waals surface area contributed by atoms with E-state index in [0.29, 0.717) is 16.3 Å². The third kappa shape index (κ3) is 4.39. The molecule has 2 N–H and O–H groups in total. The van der Waals surface area contributed by atoms with Crippen LogP contribution in [0.5, 0.6) is 0 Å². The van der Waals surface area contributed by atoms with Crippen molar-refractivity contribution in [3.8, 4) is 5.69 Å². The average Bonchev–Trinajstić information content (AvgIpc) is 3.48. The Kier molecular flexibility index (Phi) is 5.59. The minimum atomic E-state index is -0.228. The Balaban J connectivity index is 1.51. The van der Waals surface area contributed by atoms with Crippen LogP contribution in [0, 0.1) is 5.92 Å². The molecular formula is C23H23ClN4O2. The summed E-state index contributed by atoms with van der Waals surface area (Å²) in [7, 11) is 0. The maximum atomic E-state index is 12.9. The second-order valence-electron chi connectivity index (χ2n) is 7.78. The number of rotatable bonds is 6. The Morgan fingerprint density at radius 1 is 1.00 bits per heavy atom. The number of hydrogen-bond donors (Lipinski definition) is 2. The Labute approximate surface area is 180 Å². The van der Waals surface area contributed by atoms with Gasteiger partial charge in [-0.25, -0.2) is 4.68 Å². The highest BCUT2D eigenvalue weighted by Gasteiger charge is 2.29. The first kappa shape index (κ1) is 20.2. The zero-order valence-electron chi connectivity index (χ0n) is 16.9. The molecule has 0 aliphatic heterocycles. The van der Waals surface area contributed by atoms with E-state index in [4.69, 9.17) is 11.6 Å². The molecule has 4 rings (SSSR count). The number of halogens is 1. The maximum Gasteiger partial charge on any atom is 0.259 e. The largest absolute Gasteiger partial charge is 0.326 e.